The van der Waals surface area contributed by atoms with Crippen LogP contribution >= 0.6 is 11.6 Å². The minimum absolute atomic E-state index is 0.0498. The summed E-state index contributed by atoms with van der Waals surface area (Å²) in [5, 5.41) is 12.8. The zero-order valence-electron chi connectivity index (χ0n) is 10.3. The Bertz CT molecular complexity index is 617. The summed E-state index contributed by atoms with van der Waals surface area (Å²) in [7, 11) is 0. The predicted molar refractivity (Wildman–Crippen MR) is 74.6 cm³/mol. The zero-order chi connectivity index (χ0) is 13.8. The molecule has 19 heavy (non-hydrogen) atoms. The molecule has 1 unspecified atom stereocenters. The van der Waals surface area contributed by atoms with Crippen molar-refractivity contribution in [3.05, 3.63) is 64.4 Å². The lowest BCUT2D eigenvalue weighted by molar-refractivity contribution is 0.626. The van der Waals surface area contributed by atoms with Gasteiger partial charge in [-0.1, -0.05) is 23.7 Å². The van der Waals surface area contributed by atoms with E-state index in [2.05, 4.69) is 11.4 Å². The number of nitrogens with zero attached hydrogens (tertiary/aromatic N) is 1. The van der Waals surface area contributed by atoms with Crippen molar-refractivity contribution in [3.8, 4) is 6.07 Å². The van der Waals surface area contributed by atoms with Gasteiger partial charge in [0.2, 0.25) is 0 Å². The molecule has 0 aromatic heterocycles. The van der Waals surface area contributed by atoms with Crippen LogP contribution in [0.5, 0.6) is 0 Å². The minimum Gasteiger partial charge on any atom is -0.377 e. The standard InChI is InChI=1S/C15H12ClFN2/c1-10(11-3-6-14(17)7-4-11)19-15-8-13(16)5-2-12(15)9-18/h2-8,10,19H,1H3. The van der Waals surface area contributed by atoms with Crippen molar-refractivity contribution in [1.29, 1.82) is 5.26 Å². The lowest BCUT2D eigenvalue weighted by atomic mass is 10.1. The normalized spacial score (nSPS) is 11.7. The van der Waals surface area contributed by atoms with Crippen LogP contribution in [0.4, 0.5) is 10.1 Å². The van der Waals surface area contributed by atoms with Gasteiger partial charge in [-0.05, 0) is 42.8 Å². The minimum atomic E-state index is -0.267. The molecule has 0 aliphatic rings. The van der Waals surface area contributed by atoms with E-state index in [1.54, 1.807) is 30.3 Å². The van der Waals surface area contributed by atoms with E-state index in [4.69, 9.17) is 16.9 Å². The Morgan fingerprint density at radius 2 is 1.89 bits per heavy atom. The summed E-state index contributed by atoms with van der Waals surface area (Å²) < 4.78 is 12.9. The summed E-state index contributed by atoms with van der Waals surface area (Å²) in [6, 6.07) is 13.4. The average molecular weight is 275 g/mol. The molecular formula is C15H12ClFN2. The number of benzene rings is 2. The Hall–Kier alpha value is -2.05. The number of anilines is 1. The highest BCUT2D eigenvalue weighted by Gasteiger charge is 2.09. The number of hydrogen-bond acceptors (Lipinski definition) is 2. The first-order valence-corrected chi connectivity index (χ1v) is 6.19. The van der Waals surface area contributed by atoms with Crippen LogP contribution in [0.1, 0.15) is 24.1 Å². The van der Waals surface area contributed by atoms with Crippen LogP contribution in [0.15, 0.2) is 42.5 Å². The van der Waals surface area contributed by atoms with Gasteiger partial charge in [0.15, 0.2) is 0 Å². The Kier molecular flexibility index (Phi) is 4.03. The first-order chi connectivity index (χ1) is 9.10. The molecule has 4 heteroatoms. The molecule has 1 atom stereocenters. The summed E-state index contributed by atoms with van der Waals surface area (Å²) in [6.45, 7) is 1.94. The van der Waals surface area contributed by atoms with Crippen molar-refractivity contribution >= 4 is 17.3 Å². The number of rotatable bonds is 3. The molecule has 0 aliphatic heterocycles. The highest BCUT2D eigenvalue weighted by Crippen LogP contribution is 2.25. The molecule has 2 aromatic rings. The predicted octanol–water partition coefficient (Wildman–Crippen LogP) is 4.52. The van der Waals surface area contributed by atoms with Gasteiger partial charge in [0, 0.05) is 11.1 Å². The van der Waals surface area contributed by atoms with Crippen molar-refractivity contribution < 1.29 is 4.39 Å². The van der Waals surface area contributed by atoms with Gasteiger partial charge in [-0.2, -0.15) is 5.26 Å². The molecule has 0 spiro atoms. The summed E-state index contributed by atoms with van der Waals surface area (Å²) in [4.78, 5) is 0. The fourth-order valence-corrected chi connectivity index (χ4v) is 1.97. The molecule has 0 fully saturated rings. The van der Waals surface area contributed by atoms with Gasteiger partial charge in [0.25, 0.3) is 0 Å². The van der Waals surface area contributed by atoms with Gasteiger partial charge in [0.05, 0.1) is 11.3 Å². The maximum absolute atomic E-state index is 12.9. The second-order valence-corrected chi connectivity index (χ2v) is 4.66. The van der Waals surface area contributed by atoms with E-state index in [9.17, 15) is 4.39 Å². The second kappa shape index (κ2) is 5.73. The van der Waals surface area contributed by atoms with E-state index >= 15 is 0 Å². The van der Waals surface area contributed by atoms with Crippen LogP contribution in [-0.2, 0) is 0 Å². The average Bonchev–Trinajstić information content (AvgIpc) is 2.39. The maximum atomic E-state index is 12.9. The number of hydrogen-bond donors (Lipinski definition) is 1. The lowest BCUT2D eigenvalue weighted by Crippen LogP contribution is -2.07. The van der Waals surface area contributed by atoms with Gasteiger partial charge in [-0.15, -0.1) is 0 Å². The number of halogens is 2. The Labute approximate surface area is 116 Å². The third kappa shape index (κ3) is 3.24. The van der Waals surface area contributed by atoms with Crippen LogP contribution in [0, 0.1) is 17.1 Å². The molecule has 1 N–H and O–H groups in total. The van der Waals surface area contributed by atoms with Gasteiger partial charge in [0.1, 0.15) is 11.9 Å². The van der Waals surface area contributed by atoms with E-state index in [0.717, 1.165) is 5.56 Å². The Morgan fingerprint density at radius 3 is 2.53 bits per heavy atom. The SMILES string of the molecule is CC(Nc1cc(Cl)ccc1C#N)c1ccc(F)cc1. The Morgan fingerprint density at radius 1 is 1.21 bits per heavy atom. The number of nitriles is 1. The van der Waals surface area contributed by atoms with Crippen LogP contribution in [0.2, 0.25) is 5.02 Å². The molecule has 0 heterocycles. The first kappa shape index (κ1) is 13.4. The van der Waals surface area contributed by atoms with E-state index < -0.39 is 0 Å². The van der Waals surface area contributed by atoms with E-state index in [-0.39, 0.29) is 11.9 Å². The Balaban J connectivity index is 2.23. The van der Waals surface area contributed by atoms with Crippen molar-refractivity contribution in [2.75, 3.05) is 5.32 Å². The summed E-state index contributed by atoms with van der Waals surface area (Å²) in [5.41, 5.74) is 2.13. The van der Waals surface area contributed by atoms with Crippen molar-refractivity contribution in [2.24, 2.45) is 0 Å². The van der Waals surface area contributed by atoms with E-state index in [0.29, 0.717) is 16.3 Å². The van der Waals surface area contributed by atoms with Gasteiger partial charge in [-0.25, -0.2) is 4.39 Å². The third-order valence-corrected chi connectivity index (χ3v) is 3.08. The summed E-state index contributed by atoms with van der Waals surface area (Å²) in [6.07, 6.45) is 0. The summed E-state index contributed by atoms with van der Waals surface area (Å²) in [5.74, 6) is -0.267. The first-order valence-electron chi connectivity index (χ1n) is 5.82. The largest absolute Gasteiger partial charge is 0.377 e. The molecule has 0 bridgehead atoms. The molecule has 0 saturated carbocycles. The van der Waals surface area contributed by atoms with Crippen LogP contribution < -0.4 is 5.32 Å². The molecule has 2 nitrogen and oxygen atoms in total. The number of nitrogens with one attached hydrogen (secondary N) is 1. The fraction of sp³-hybridized carbons (Fsp3) is 0.133. The molecule has 0 radical (unpaired) electrons. The molecule has 0 saturated heterocycles. The van der Waals surface area contributed by atoms with E-state index in [1.807, 2.05) is 6.92 Å². The molecule has 2 rings (SSSR count). The van der Waals surface area contributed by atoms with Crippen LogP contribution in [-0.4, -0.2) is 0 Å². The molecule has 0 aliphatic carbocycles. The fourth-order valence-electron chi connectivity index (χ4n) is 1.80. The quantitative estimate of drug-likeness (QED) is 0.893. The van der Waals surface area contributed by atoms with E-state index in [1.165, 1.54) is 12.1 Å². The van der Waals surface area contributed by atoms with Gasteiger partial charge in [-0.3, -0.25) is 0 Å². The topological polar surface area (TPSA) is 35.8 Å². The maximum Gasteiger partial charge on any atom is 0.123 e. The molecular weight excluding hydrogens is 263 g/mol. The van der Waals surface area contributed by atoms with Gasteiger partial charge >= 0.3 is 0 Å². The highest BCUT2D eigenvalue weighted by atomic mass is 35.5. The second-order valence-electron chi connectivity index (χ2n) is 4.22. The van der Waals surface area contributed by atoms with Crippen molar-refractivity contribution in [2.45, 2.75) is 13.0 Å². The molecule has 0 amide bonds. The third-order valence-electron chi connectivity index (χ3n) is 2.84. The molecule has 2 aromatic carbocycles. The molecule has 96 valence electrons. The van der Waals surface area contributed by atoms with Crippen molar-refractivity contribution in [1.82, 2.24) is 0 Å². The highest BCUT2D eigenvalue weighted by molar-refractivity contribution is 6.30. The summed E-state index contributed by atoms with van der Waals surface area (Å²) >= 11 is 5.93. The van der Waals surface area contributed by atoms with Gasteiger partial charge < -0.3 is 5.32 Å². The zero-order valence-corrected chi connectivity index (χ0v) is 11.1. The lowest BCUT2D eigenvalue weighted by Gasteiger charge is -2.17. The smallest absolute Gasteiger partial charge is 0.123 e. The van der Waals surface area contributed by atoms with Crippen LogP contribution in [0.25, 0.3) is 0 Å². The monoisotopic (exact) mass is 274 g/mol. The van der Waals surface area contributed by atoms with Crippen molar-refractivity contribution in [3.63, 3.8) is 0 Å². The van der Waals surface area contributed by atoms with Crippen LogP contribution in [0.3, 0.4) is 0 Å².